The van der Waals surface area contributed by atoms with Crippen LogP contribution in [0.3, 0.4) is 0 Å². The summed E-state index contributed by atoms with van der Waals surface area (Å²) in [5.74, 6) is 0. The lowest BCUT2D eigenvalue weighted by molar-refractivity contribution is 1.14. The molecule has 196 valence electrons. The van der Waals surface area contributed by atoms with E-state index in [2.05, 4.69) is 129 Å². The third-order valence-electron chi connectivity index (χ3n) is 8.39. The van der Waals surface area contributed by atoms with E-state index in [-0.39, 0.29) is 0 Å². The van der Waals surface area contributed by atoms with E-state index in [4.69, 9.17) is 4.98 Å². The Bertz CT molecular complexity index is 2430. The molecule has 4 heteroatoms. The van der Waals surface area contributed by atoms with Crippen LogP contribution in [0.15, 0.2) is 146 Å². The molecule has 4 nitrogen and oxygen atoms in total. The van der Waals surface area contributed by atoms with Gasteiger partial charge in [0.15, 0.2) is 0 Å². The molecule has 4 aromatic heterocycles. The van der Waals surface area contributed by atoms with Crippen LogP contribution in [0.25, 0.3) is 77.1 Å². The molecule has 9 rings (SSSR count). The van der Waals surface area contributed by atoms with Crippen LogP contribution in [0.1, 0.15) is 0 Å². The number of nitrogens with zero attached hydrogens (tertiary/aromatic N) is 4. The van der Waals surface area contributed by atoms with Gasteiger partial charge in [0, 0.05) is 38.8 Å². The Morgan fingerprint density at radius 1 is 0.405 bits per heavy atom. The lowest BCUT2D eigenvalue weighted by atomic mass is 10.0. The number of rotatable bonds is 3. The SMILES string of the molecule is c1ccc(-n2c3ccccc3c3cc4c(ccc5c6ccccc6n(-c6ccc(-c7ccccn7)nc6)c45)cc32)cc1. The number of pyridine rings is 2. The standard InChI is InChI=1S/C38H24N4/c1-2-10-26(11-3-1)41-35-15-6-5-13-29(35)32-23-31-25(22-37(32)41)17-19-30-28-12-4-7-16-36(28)42(38(30)31)27-18-20-34(40-24-27)33-14-8-9-21-39-33/h1-24H. The van der Waals surface area contributed by atoms with E-state index >= 15 is 0 Å². The van der Waals surface area contributed by atoms with Gasteiger partial charge in [0.25, 0.3) is 0 Å². The third-order valence-corrected chi connectivity index (χ3v) is 8.39. The second kappa shape index (κ2) is 8.88. The predicted octanol–water partition coefficient (Wildman–Crippen LogP) is 9.49. The first-order valence-electron chi connectivity index (χ1n) is 14.2. The van der Waals surface area contributed by atoms with Crippen molar-refractivity contribution in [3.63, 3.8) is 0 Å². The number of hydrogen-bond donors (Lipinski definition) is 0. The average Bonchev–Trinajstić information content (AvgIpc) is 3.57. The highest BCUT2D eigenvalue weighted by Crippen LogP contribution is 2.40. The average molecular weight is 537 g/mol. The van der Waals surface area contributed by atoms with E-state index in [1.54, 1.807) is 6.20 Å². The Hall–Kier alpha value is -5.74. The Morgan fingerprint density at radius 2 is 1.12 bits per heavy atom. The largest absolute Gasteiger partial charge is 0.309 e. The van der Waals surface area contributed by atoms with Gasteiger partial charge in [-0.2, -0.15) is 0 Å². The van der Waals surface area contributed by atoms with Crippen molar-refractivity contribution in [3.05, 3.63) is 146 Å². The van der Waals surface area contributed by atoms with Crippen LogP contribution in [0.2, 0.25) is 0 Å². The summed E-state index contributed by atoms with van der Waals surface area (Å²) in [4.78, 5) is 9.33. The molecule has 42 heavy (non-hydrogen) atoms. The highest BCUT2D eigenvalue weighted by Gasteiger charge is 2.18. The second-order valence-electron chi connectivity index (χ2n) is 10.7. The van der Waals surface area contributed by atoms with E-state index in [0.29, 0.717) is 0 Å². The first-order chi connectivity index (χ1) is 20.8. The Labute approximate surface area is 241 Å². The van der Waals surface area contributed by atoms with Gasteiger partial charge in [-0.15, -0.1) is 0 Å². The lowest BCUT2D eigenvalue weighted by Crippen LogP contribution is -1.97. The van der Waals surface area contributed by atoms with Crippen molar-refractivity contribution in [2.75, 3.05) is 0 Å². The molecule has 4 heterocycles. The normalized spacial score (nSPS) is 11.8. The highest BCUT2D eigenvalue weighted by atomic mass is 15.0. The fourth-order valence-electron chi connectivity index (χ4n) is 6.55. The topological polar surface area (TPSA) is 35.6 Å². The predicted molar refractivity (Wildman–Crippen MR) is 174 cm³/mol. The Kier molecular flexibility index (Phi) is 4.87. The van der Waals surface area contributed by atoms with Crippen LogP contribution in [-0.2, 0) is 0 Å². The summed E-state index contributed by atoms with van der Waals surface area (Å²) in [6.45, 7) is 0. The van der Waals surface area contributed by atoms with E-state index in [1.165, 1.54) is 54.4 Å². The molecule has 0 aliphatic heterocycles. The number of fused-ring (bicyclic) bond motifs is 8. The quantitative estimate of drug-likeness (QED) is 0.225. The minimum Gasteiger partial charge on any atom is -0.309 e. The van der Waals surface area contributed by atoms with Gasteiger partial charge >= 0.3 is 0 Å². The molecule has 0 fully saturated rings. The molecule has 5 aromatic carbocycles. The summed E-state index contributed by atoms with van der Waals surface area (Å²) in [5.41, 5.74) is 8.70. The molecule has 9 aromatic rings. The van der Waals surface area contributed by atoms with Crippen LogP contribution >= 0.6 is 0 Å². The number of aromatic nitrogens is 4. The van der Waals surface area contributed by atoms with Gasteiger partial charge in [-0.25, -0.2) is 0 Å². The first kappa shape index (κ1) is 23.0. The van der Waals surface area contributed by atoms with E-state index in [9.17, 15) is 0 Å². The maximum atomic E-state index is 4.84. The first-order valence-corrected chi connectivity index (χ1v) is 14.2. The molecule has 0 unspecified atom stereocenters. The van der Waals surface area contributed by atoms with E-state index in [1.807, 2.05) is 24.4 Å². The van der Waals surface area contributed by atoms with Crippen molar-refractivity contribution < 1.29 is 0 Å². The third kappa shape index (κ3) is 3.29. The monoisotopic (exact) mass is 536 g/mol. The molecule has 0 saturated carbocycles. The van der Waals surface area contributed by atoms with Crippen molar-refractivity contribution >= 4 is 54.4 Å². The second-order valence-corrected chi connectivity index (χ2v) is 10.7. The number of hydrogen-bond acceptors (Lipinski definition) is 2. The fraction of sp³-hybridized carbons (Fsp3) is 0. The van der Waals surface area contributed by atoms with E-state index in [0.717, 1.165) is 22.8 Å². The van der Waals surface area contributed by atoms with Crippen molar-refractivity contribution in [2.24, 2.45) is 0 Å². The minimum atomic E-state index is 0.861. The molecule has 0 atom stereocenters. The summed E-state index contributed by atoms with van der Waals surface area (Å²) < 4.78 is 4.74. The highest BCUT2D eigenvalue weighted by molar-refractivity contribution is 6.22. The van der Waals surface area contributed by atoms with Crippen LogP contribution < -0.4 is 0 Å². The molecule has 0 aliphatic carbocycles. The van der Waals surface area contributed by atoms with Gasteiger partial charge in [-0.05, 0) is 66.0 Å². The van der Waals surface area contributed by atoms with Crippen molar-refractivity contribution in [1.29, 1.82) is 0 Å². The number of para-hydroxylation sites is 3. The summed E-state index contributed by atoms with van der Waals surface area (Å²) >= 11 is 0. The van der Waals surface area contributed by atoms with Crippen molar-refractivity contribution in [3.8, 4) is 22.8 Å². The van der Waals surface area contributed by atoms with Crippen LogP contribution in [0.5, 0.6) is 0 Å². The summed E-state index contributed by atoms with van der Waals surface area (Å²) in [7, 11) is 0. The molecule has 0 spiro atoms. The minimum absolute atomic E-state index is 0.861. The van der Waals surface area contributed by atoms with Gasteiger partial charge in [0.2, 0.25) is 0 Å². The summed E-state index contributed by atoms with van der Waals surface area (Å²) in [6.07, 6.45) is 3.77. The molecule has 0 saturated heterocycles. The smallest absolute Gasteiger partial charge is 0.0887 e. The molecule has 0 N–H and O–H groups in total. The maximum Gasteiger partial charge on any atom is 0.0887 e. The molecular weight excluding hydrogens is 512 g/mol. The summed E-state index contributed by atoms with van der Waals surface area (Å²) in [6, 6.07) is 47.4. The zero-order chi connectivity index (χ0) is 27.6. The maximum absolute atomic E-state index is 4.84. The number of benzene rings is 5. The lowest BCUT2D eigenvalue weighted by Gasteiger charge is -2.11. The van der Waals surface area contributed by atoms with Crippen LogP contribution in [0.4, 0.5) is 0 Å². The molecule has 0 amide bonds. The summed E-state index contributed by atoms with van der Waals surface area (Å²) in [5, 5.41) is 7.39. The van der Waals surface area contributed by atoms with Gasteiger partial charge in [0.1, 0.15) is 0 Å². The van der Waals surface area contributed by atoms with Gasteiger partial charge in [-0.1, -0.05) is 72.8 Å². The zero-order valence-electron chi connectivity index (χ0n) is 22.6. The van der Waals surface area contributed by atoms with Crippen molar-refractivity contribution in [1.82, 2.24) is 19.1 Å². The van der Waals surface area contributed by atoms with Crippen molar-refractivity contribution in [2.45, 2.75) is 0 Å². The van der Waals surface area contributed by atoms with E-state index < -0.39 is 0 Å². The Morgan fingerprint density at radius 3 is 1.88 bits per heavy atom. The molecule has 0 aliphatic rings. The molecular formula is C38H24N4. The Balaban J connectivity index is 1.38. The van der Waals surface area contributed by atoms with Crippen LogP contribution in [0, 0.1) is 0 Å². The van der Waals surface area contributed by atoms with Gasteiger partial charge in [0.05, 0.1) is 45.3 Å². The zero-order valence-corrected chi connectivity index (χ0v) is 22.6. The van der Waals surface area contributed by atoms with Gasteiger partial charge in [-0.3, -0.25) is 9.97 Å². The molecule has 0 bridgehead atoms. The molecule has 0 radical (unpaired) electrons. The fourth-order valence-corrected chi connectivity index (χ4v) is 6.55. The van der Waals surface area contributed by atoms with Gasteiger partial charge < -0.3 is 9.13 Å². The van der Waals surface area contributed by atoms with Crippen LogP contribution in [-0.4, -0.2) is 19.1 Å².